The topological polar surface area (TPSA) is 41.9 Å². The van der Waals surface area contributed by atoms with Gasteiger partial charge in [-0.3, -0.25) is 0 Å². The van der Waals surface area contributed by atoms with Gasteiger partial charge in [0.15, 0.2) is 11.5 Å². The Morgan fingerprint density at radius 3 is 3.32 bits per heavy atom. The number of hydrogen-bond donors (Lipinski definition) is 1. The second-order valence-electron chi connectivity index (χ2n) is 6.53. The van der Waals surface area contributed by atoms with E-state index in [2.05, 4.69) is 0 Å². The predicted octanol–water partition coefficient (Wildman–Crippen LogP) is 1.50. The number of nitrogens with zero attached hydrogens (tertiary/aromatic N) is 1. The first kappa shape index (κ1) is 7.84. The molecular formula is C18H21NO3. The highest BCUT2D eigenvalue weighted by atomic mass is 16.5. The van der Waals surface area contributed by atoms with Gasteiger partial charge in [0.2, 0.25) is 0 Å². The molecule has 116 valence electrons. The first-order chi connectivity index (χ1) is 13.4. The van der Waals surface area contributed by atoms with Gasteiger partial charge in [0, 0.05) is 28.4 Å². The summed E-state index contributed by atoms with van der Waals surface area (Å²) in [5, 5.41) is 10.7. The molecule has 1 aromatic carbocycles. The van der Waals surface area contributed by atoms with Crippen LogP contribution in [0.2, 0.25) is 0 Å². The van der Waals surface area contributed by atoms with Crippen LogP contribution in [0.5, 0.6) is 11.5 Å². The molecule has 22 heavy (non-hydrogen) atoms. The van der Waals surface area contributed by atoms with Crippen LogP contribution >= 0.6 is 0 Å². The third-order valence-electron chi connectivity index (χ3n) is 5.73. The number of methoxy groups -OCH3 is 1. The SMILES string of the molecule is [2H]C([2H])([2H])Oc1ccc2c3c1OC1C(O)C=C[C@@H]4[C@@]31CCN(C([2H])([2H])[2H])[C@]4([2H])C2. The fourth-order valence-electron chi connectivity index (χ4n) is 4.88. The van der Waals surface area contributed by atoms with E-state index in [-0.39, 0.29) is 18.7 Å². The van der Waals surface area contributed by atoms with Crippen molar-refractivity contribution in [3.8, 4) is 11.5 Å². The third kappa shape index (κ3) is 1.28. The Hall–Kier alpha value is -1.52. The molecular weight excluding hydrogens is 278 g/mol. The van der Waals surface area contributed by atoms with E-state index in [0.29, 0.717) is 12.2 Å². The van der Waals surface area contributed by atoms with Crippen molar-refractivity contribution in [1.82, 2.24) is 4.90 Å². The molecule has 5 rings (SSSR count). The van der Waals surface area contributed by atoms with Crippen LogP contribution in [0.1, 0.15) is 27.1 Å². The summed E-state index contributed by atoms with van der Waals surface area (Å²) in [7, 11) is -2.66. The summed E-state index contributed by atoms with van der Waals surface area (Å²) in [5.74, 6) is -0.149. The Morgan fingerprint density at radius 1 is 1.50 bits per heavy atom. The number of hydrogen-bond acceptors (Lipinski definition) is 4. The molecule has 4 heteroatoms. The molecule has 1 N–H and O–H groups in total. The van der Waals surface area contributed by atoms with Crippen LogP contribution in [-0.4, -0.2) is 48.8 Å². The number of ether oxygens (including phenoxy) is 2. The Bertz CT molecular complexity index is 914. The zero-order valence-corrected chi connectivity index (χ0v) is 11.9. The van der Waals surface area contributed by atoms with Crippen molar-refractivity contribution < 1.29 is 24.2 Å². The van der Waals surface area contributed by atoms with Gasteiger partial charge in [0.05, 0.1) is 11.2 Å². The molecule has 5 atom stereocenters. The lowest BCUT2D eigenvalue weighted by Crippen LogP contribution is -2.64. The van der Waals surface area contributed by atoms with Crippen LogP contribution in [0, 0.1) is 5.92 Å². The van der Waals surface area contributed by atoms with Crippen molar-refractivity contribution in [2.45, 2.75) is 36.5 Å². The van der Waals surface area contributed by atoms with Gasteiger partial charge in [-0.2, -0.15) is 0 Å². The zero-order valence-electron chi connectivity index (χ0n) is 18.9. The molecule has 2 aliphatic carbocycles. The van der Waals surface area contributed by atoms with E-state index in [9.17, 15) is 6.48 Å². The molecule has 2 aliphatic heterocycles. The molecule has 0 amide bonds. The molecule has 4 aliphatic rings. The van der Waals surface area contributed by atoms with Gasteiger partial charge in [-0.15, -0.1) is 0 Å². The number of likely N-dealkylation sites (tertiary alicyclic amines) is 1. The maximum absolute atomic E-state index is 10.7. The number of aliphatic hydroxyl groups is 1. The largest absolute Gasteiger partial charge is 0.493 e. The normalized spacial score (nSPS) is 50.2. The molecule has 4 nitrogen and oxygen atoms in total. The van der Waals surface area contributed by atoms with Gasteiger partial charge < -0.3 is 19.5 Å². The van der Waals surface area contributed by atoms with E-state index in [1.165, 1.54) is 11.0 Å². The fraction of sp³-hybridized carbons (Fsp3) is 0.556. The van der Waals surface area contributed by atoms with Crippen LogP contribution in [0.25, 0.3) is 0 Å². The molecule has 2 heterocycles. The van der Waals surface area contributed by atoms with E-state index in [0.717, 1.165) is 11.1 Å². The van der Waals surface area contributed by atoms with Gasteiger partial charge in [-0.1, -0.05) is 18.2 Å². The summed E-state index contributed by atoms with van der Waals surface area (Å²) < 4.78 is 66.7. The van der Waals surface area contributed by atoms with Crippen molar-refractivity contribution >= 4 is 0 Å². The summed E-state index contributed by atoms with van der Waals surface area (Å²) in [5.41, 5.74) is 0.697. The molecule has 0 aromatic heterocycles. The smallest absolute Gasteiger partial charge is 0.165 e. The van der Waals surface area contributed by atoms with Gasteiger partial charge in [0.25, 0.3) is 0 Å². The average Bonchev–Trinajstić information content (AvgIpc) is 2.91. The quantitative estimate of drug-likeness (QED) is 0.799. The van der Waals surface area contributed by atoms with Gasteiger partial charge >= 0.3 is 0 Å². The van der Waals surface area contributed by atoms with Crippen LogP contribution in [0.15, 0.2) is 24.3 Å². The highest BCUT2D eigenvalue weighted by Crippen LogP contribution is 2.62. The van der Waals surface area contributed by atoms with Crippen molar-refractivity contribution in [3.63, 3.8) is 0 Å². The molecule has 1 saturated heterocycles. The minimum atomic E-state index is -2.66. The summed E-state index contributed by atoms with van der Waals surface area (Å²) in [6.45, 7) is -2.27. The summed E-state index contributed by atoms with van der Waals surface area (Å²) in [6, 6.07) is 1.76. The highest BCUT2D eigenvalue weighted by molar-refractivity contribution is 5.62. The molecule has 0 radical (unpaired) electrons. The second kappa shape index (κ2) is 4.06. The highest BCUT2D eigenvalue weighted by Gasteiger charge is 2.64. The first-order valence-corrected chi connectivity index (χ1v) is 7.54. The maximum Gasteiger partial charge on any atom is 0.165 e. The fourth-order valence-corrected chi connectivity index (χ4v) is 4.88. The predicted molar refractivity (Wildman–Crippen MR) is 82.5 cm³/mol. The molecule has 0 saturated carbocycles. The lowest BCUT2D eigenvalue weighted by atomic mass is 9.53. The number of benzene rings is 1. The van der Waals surface area contributed by atoms with E-state index in [1.54, 1.807) is 18.2 Å². The van der Waals surface area contributed by atoms with Gasteiger partial charge in [-0.05, 0) is 38.0 Å². The molecule has 2 unspecified atom stereocenters. The molecule has 2 bridgehead atoms. The van der Waals surface area contributed by atoms with Crippen LogP contribution in [-0.2, 0) is 11.8 Å². The minimum absolute atomic E-state index is 0.0780. The van der Waals surface area contributed by atoms with Crippen molar-refractivity contribution in [3.05, 3.63) is 35.4 Å². The molecule has 1 aromatic rings. The van der Waals surface area contributed by atoms with Crippen LogP contribution in [0.4, 0.5) is 0 Å². The Labute approximate surface area is 140 Å². The van der Waals surface area contributed by atoms with Crippen LogP contribution in [0.3, 0.4) is 0 Å². The number of aliphatic hydroxyl groups excluding tert-OH is 1. The standard InChI is InChI=1S/C18H21NO3/c1-19-8-7-18-11-4-5-13(20)17(18)22-16-14(21-2)6-3-10(15(16)18)9-12(11)19/h3-6,11-13,17,20H,7-9H2,1-2H3/t11-,12+,13?,17?,18-/m0/s1/i1D3,2D3,12D. The Balaban J connectivity index is 1.74. The molecule has 1 spiro atoms. The van der Waals surface area contributed by atoms with E-state index in [1.807, 2.05) is 0 Å². The Kier molecular flexibility index (Phi) is 1.45. The van der Waals surface area contributed by atoms with Gasteiger partial charge in [0.1, 0.15) is 12.2 Å². The summed E-state index contributed by atoms with van der Waals surface area (Å²) >= 11 is 0. The van der Waals surface area contributed by atoms with Crippen molar-refractivity contribution in [2.24, 2.45) is 5.92 Å². The summed E-state index contributed by atoms with van der Waals surface area (Å²) in [4.78, 5) is 1.27. The maximum atomic E-state index is 10.7. The average molecular weight is 306 g/mol. The zero-order chi connectivity index (χ0) is 21.0. The lowest BCUT2D eigenvalue weighted by molar-refractivity contribution is -0.0453. The molecule has 1 fully saturated rings. The first-order valence-electron chi connectivity index (χ1n) is 11.0. The second-order valence-corrected chi connectivity index (χ2v) is 6.53. The minimum Gasteiger partial charge on any atom is -0.493 e. The van der Waals surface area contributed by atoms with Crippen LogP contribution < -0.4 is 9.47 Å². The lowest BCUT2D eigenvalue weighted by Gasteiger charge is -2.56. The number of piperidine rings is 1. The van der Waals surface area contributed by atoms with E-state index < -0.39 is 43.6 Å². The Morgan fingerprint density at radius 2 is 2.45 bits per heavy atom. The van der Waals surface area contributed by atoms with Crippen molar-refractivity contribution in [2.75, 3.05) is 20.6 Å². The van der Waals surface area contributed by atoms with E-state index >= 15 is 0 Å². The summed E-state index contributed by atoms with van der Waals surface area (Å²) in [6.07, 6.45) is 2.15. The van der Waals surface area contributed by atoms with Gasteiger partial charge in [-0.25, -0.2) is 0 Å². The van der Waals surface area contributed by atoms with E-state index in [4.69, 9.17) is 17.7 Å². The number of rotatable bonds is 1. The van der Waals surface area contributed by atoms with Crippen molar-refractivity contribution in [1.29, 1.82) is 0 Å². The monoisotopic (exact) mass is 306 g/mol. The number of likely N-dealkylation sites (N-methyl/N-ethyl adjacent to an activating group) is 1. The third-order valence-corrected chi connectivity index (χ3v) is 5.73.